The van der Waals surface area contributed by atoms with Crippen LogP contribution in [0.4, 0.5) is 0 Å². The minimum atomic E-state index is -0.443. The Kier molecular flexibility index (Phi) is 3.27. The molecule has 0 radical (unpaired) electrons. The van der Waals surface area contributed by atoms with E-state index in [2.05, 4.69) is 16.7 Å². The number of ether oxygens (including phenoxy) is 1. The Balaban J connectivity index is 2.32. The standard InChI is InChI=1S/C12H13N3O3/c1-3-6-18-11(16)7-9-8(2)14-10-4-5-13-15(10)12(9)17/h3-5,17H,1,6-7H2,2H3. The fraction of sp³-hybridized carbons (Fsp3) is 0.250. The minimum Gasteiger partial charge on any atom is -0.493 e. The summed E-state index contributed by atoms with van der Waals surface area (Å²) >= 11 is 0. The summed E-state index contributed by atoms with van der Waals surface area (Å²) in [6.45, 7) is 5.33. The van der Waals surface area contributed by atoms with Gasteiger partial charge in [0.25, 0.3) is 0 Å². The van der Waals surface area contributed by atoms with Crippen LogP contribution >= 0.6 is 0 Å². The monoisotopic (exact) mass is 247 g/mol. The fourth-order valence-corrected chi connectivity index (χ4v) is 1.63. The van der Waals surface area contributed by atoms with Crippen molar-refractivity contribution >= 4 is 11.6 Å². The summed E-state index contributed by atoms with van der Waals surface area (Å²) in [5.41, 5.74) is 1.53. The molecule has 0 unspecified atom stereocenters. The molecule has 2 heterocycles. The number of carbonyl (C=O) groups is 1. The summed E-state index contributed by atoms with van der Waals surface area (Å²) in [6.07, 6.45) is 2.97. The zero-order valence-corrected chi connectivity index (χ0v) is 9.96. The van der Waals surface area contributed by atoms with E-state index in [1.807, 2.05) is 0 Å². The van der Waals surface area contributed by atoms with Crippen LogP contribution in [0.25, 0.3) is 5.65 Å². The van der Waals surface area contributed by atoms with Crippen molar-refractivity contribution in [2.45, 2.75) is 13.3 Å². The first-order valence-electron chi connectivity index (χ1n) is 5.42. The van der Waals surface area contributed by atoms with E-state index in [9.17, 15) is 9.90 Å². The van der Waals surface area contributed by atoms with Crippen molar-refractivity contribution in [3.8, 4) is 5.88 Å². The van der Waals surface area contributed by atoms with E-state index in [0.717, 1.165) is 0 Å². The number of hydrogen-bond acceptors (Lipinski definition) is 5. The highest BCUT2D eigenvalue weighted by atomic mass is 16.5. The zero-order chi connectivity index (χ0) is 13.1. The summed E-state index contributed by atoms with van der Waals surface area (Å²) in [5.74, 6) is -0.528. The molecule has 0 saturated carbocycles. The number of aromatic nitrogens is 3. The molecule has 0 aliphatic carbocycles. The van der Waals surface area contributed by atoms with E-state index < -0.39 is 5.97 Å². The van der Waals surface area contributed by atoms with Gasteiger partial charge in [-0.3, -0.25) is 4.79 Å². The molecule has 0 bridgehead atoms. The summed E-state index contributed by atoms with van der Waals surface area (Å²) in [5, 5.41) is 14.0. The minimum absolute atomic E-state index is 0.0473. The van der Waals surface area contributed by atoms with Gasteiger partial charge in [0.15, 0.2) is 5.65 Å². The molecule has 0 aliphatic rings. The molecule has 2 aromatic heterocycles. The van der Waals surface area contributed by atoms with Crippen molar-refractivity contribution in [3.05, 3.63) is 36.2 Å². The summed E-state index contributed by atoms with van der Waals surface area (Å²) in [6, 6.07) is 1.67. The van der Waals surface area contributed by atoms with E-state index in [4.69, 9.17) is 4.74 Å². The van der Waals surface area contributed by atoms with Gasteiger partial charge < -0.3 is 9.84 Å². The highest BCUT2D eigenvalue weighted by Crippen LogP contribution is 2.21. The quantitative estimate of drug-likeness (QED) is 0.644. The highest BCUT2D eigenvalue weighted by molar-refractivity contribution is 5.74. The van der Waals surface area contributed by atoms with Crippen LogP contribution in [-0.2, 0) is 16.0 Å². The SMILES string of the molecule is C=CCOC(=O)Cc1c(C)nc2ccnn2c1O. The third kappa shape index (κ3) is 2.17. The topological polar surface area (TPSA) is 76.7 Å². The molecule has 0 amide bonds. The third-order valence-electron chi connectivity index (χ3n) is 2.50. The van der Waals surface area contributed by atoms with Gasteiger partial charge in [0.2, 0.25) is 5.88 Å². The lowest BCUT2D eigenvalue weighted by atomic mass is 10.1. The molecular formula is C12H13N3O3. The molecule has 1 N–H and O–H groups in total. The van der Waals surface area contributed by atoms with Crippen LogP contribution in [-0.4, -0.2) is 32.3 Å². The van der Waals surface area contributed by atoms with Crippen LogP contribution in [0.5, 0.6) is 5.88 Å². The van der Waals surface area contributed by atoms with Gasteiger partial charge in [-0.05, 0) is 6.92 Å². The first-order valence-corrected chi connectivity index (χ1v) is 5.42. The number of rotatable bonds is 4. The number of fused-ring (bicyclic) bond motifs is 1. The molecule has 6 heteroatoms. The number of aromatic hydroxyl groups is 1. The smallest absolute Gasteiger partial charge is 0.310 e. The average Bonchev–Trinajstić information content (AvgIpc) is 2.80. The largest absolute Gasteiger partial charge is 0.493 e. The maximum atomic E-state index is 11.5. The molecule has 2 aromatic rings. The number of esters is 1. The molecule has 0 aromatic carbocycles. The molecule has 0 spiro atoms. The van der Waals surface area contributed by atoms with E-state index >= 15 is 0 Å². The normalized spacial score (nSPS) is 10.5. The Bertz CT molecular complexity index is 604. The van der Waals surface area contributed by atoms with Crippen LogP contribution in [0, 0.1) is 6.92 Å². The third-order valence-corrected chi connectivity index (χ3v) is 2.50. The van der Waals surface area contributed by atoms with Gasteiger partial charge in [-0.25, -0.2) is 4.98 Å². The first kappa shape index (κ1) is 12.1. The maximum Gasteiger partial charge on any atom is 0.310 e. The van der Waals surface area contributed by atoms with E-state index in [0.29, 0.717) is 16.9 Å². The number of hydrogen-bond donors (Lipinski definition) is 1. The second kappa shape index (κ2) is 4.87. The van der Waals surface area contributed by atoms with Crippen LogP contribution in [0.2, 0.25) is 0 Å². The van der Waals surface area contributed by atoms with Crippen LogP contribution in [0.3, 0.4) is 0 Å². The van der Waals surface area contributed by atoms with Crippen molar-refractivity contribution < 1.29 is 14.6 Å². The second-order valence-corrected chi connectivity index (χ2v) is 3.75. The molecule has 0 aliphatic heterocycles. The first-order chi connectivity index (χ1) is 8.63. The molecule has 0 fully saturated rings. The zero-order valence-electron chi connectivity index (χ0n) is 9.96. The van der Waals surface area contributed by atoms with Crippen molar-refractivity contribution in [2.75, 3.05) is 6.61 Å². The summed E-state index contributed by atoms with van der Waals surface area (Å²) in [4.78, 5) is 15.8. The Hall–Kier alpha value is -2.37. The molecule has 0 atom stereocenters. The molecule has 0 saturated heterocycles. The maximum absolute atomic E-state index is 11.5. The molecule has 18 heavy (non-hydrogen) atoms. The molecular weight excluding hydrogens is 234 g/mol. The van der Waals surface area contributed by atoms with Gasteiger partial charge in [-0.2, -0.15) is 9.61 Å². The molecule has 2 rings (SSSR count). The van der Waals surface area contributed by atoms with E-state index in [1.165, 1.54) is 16.8 Å². The van der Waals surface area contributed by atoms with E-state index in [1.54, 1.807) is 13.0 Å². The fourth-order valence-electron chi connectivity index (χ4n) is 1.63. The van der Waals surface area contributed by atoms with Gasteiger partial charge >= 0.3 is 5.97 Å². The van der Waals surface area contributed by atoms with Crippen molar-refractivity contribution in [2.24, 2.45) is 0 Å². The number of nitrogens with zero attached hydrogens (tertiary/aromatic N) is 3. The Labute approximate surface area is 104 Å². The highest BCUT2D eigenvalue weighted by Gasteiger charge is 2.16. The average molecular weight is 247 g/mol. The van der Waals surface area contributed by atoms with E-state index in [-0.39, 0.29) is 18.9 Å². The second-order valence-electron chi connectivity index (χ2n) is 3.75. The lowest BCUT2D eigenvalue weighted by Gasteiger charge is -2.08. The Morgan fingerprint density at radius 1 is 1.67 bits per heavy atom. The Morgan fingerprint density at radius 2 is 2.44 bits per heavy atom. The van der Waals surface area contributed by atoms with Crippen LogP contribution in [0.1, 0.15) is 11.3 Å². The van der Waals surface area contributed by atoms with Gasteiger partial charge in [-0.1, -0.05) is 12.7 Å². The van der Waals surface area contributed by atoms with Crippen LogP contribution < -0.4 is 0 Å². The van der Waals surface area contributed by atoms with Crippen molar-refractivity contribution in [3.63, 3.8) is 0 Å². The molecule has 94 valence electrons. The van der Waals surface area contributed by atoms with Gasteiger partial charge in [0, 0.05) is 17.3 Å². The molecule has 6 nitrogen and oxygen atoms in total. The van der Waals surface area contributed by atoms with Crippen molar-refractivity contribution in [1.29, 1.82) is 0 Å². The predicted molar refractivity (Wildman–Crippen MR) is 64.2 cm³/mol. The summed E-state index contributed by atoms with van der Waals surface area (Å²) in [7, 11) is 0. The lowest BCUT2D eigenvalue weighted by Crippen LogP contribution is -2.11. The Morgan fingerprint density at radius 3 is 3.17 bits per heavy atom. The van der Waals surface area contributed by atoms with Gasteiger partial charge in [0.1, 0.15) is 6.61 Å². The predicted octanol–water partition coefficient (Wildman–Crippen LogP) is 1.02. The van der Waals surface area contributed by atoms with Gasteiger partial charge in [-0.15, -0.1) is 0 Å². The van der Waals surface area contributed by atoms with Crippen LogP contribution in [0.15, 0.2) is 24.9 Å². The van der Waals surface area contributed by atoms with Crippen molar-refractivity contribution in [1.82, 2.24) is 14.6 Å². The summed E-state index contributed by atoms with van der Waals surface area (Å²) < 4.78 is 6.15. The van der Waals surface area contributed by atoms with Gasteiger partial charge in [0.05, 0.1) is 12.6 Å². The lowest BCUT2D eigenvalue weighted by molar-refractivity contribution is -0.141. The number of aryl methyl sites for hydroxylation is 1. The number of carbonyl (C=O) groups excluding carboxylic acids is 1.